The summed E-state index contributed by atoms with van der Waals surface area (Å²) in [5, 5.41) is 2.89. The molecule has 3 rings (SSSR count). The van der Waals surface area contributed by atoms with Gasteiger partial charge in [-0.1, -0.05) is 6.92 Å². The standard InChI is InChI=1S/C23H33N3O5/c1-14-11-26(16(3)27)15(2)13-31-20-9-8-18(24-22(28)17-6-7-17)10-19(20)23(29)25(4)12-21(14)30-5/h8-10,14-15,17,21H,6-7,11-13H2,1-5H3,(H,24,28)/t14-,15-,21+/m1/s1. The number of carbonyl (C=O) groups excluding carboxylic acids is 3. The van der Waals surface area contributed by atoms with Gasteiger partial charge in [-0.15, -0.1) is 0 Å². The summed E-state index contributed by atoms with van der Waals surface area (Å²) < 4.78 is 11.7. The molecule has 0 bridgehead atoms. The normalized spacial score (nSPS) is 25.1. The highest BCUT2D eigenvalue weighted by atomic mass is 16.5. The van der Waals surface area contributed by atoms with Gasteiger partial charge in [0.25, 0.3) is 5.91 Å². The fraction of sp³-hybridized carbons (Fsp3) is 0.609. The molecule has 0 spiro atoms. The lowest BCUT2D eigenvalue weighted by Gasteiger charge is -2.35. The van der Waals surface area contributed by atoms with Gasteiger partial charge in [0.2, 0.25) is 11.8 Å². The second-order valence-corrected chi connectivity index (χ2v) is 8.74. The zero-order chi connectivity index (χ0) is 22.7. The van der Waals surface area contributed by atoms with Crippen molar-refractivity contribution in [1.29, 1.82) is 0 Å². The number of benzene rings is 1. The van der Waals surface area contributed by atoms with E-state index in [9.17, 15) is 14.4 Å². The van der Waals surface area contributed by atoms with Crippen molar-refractivity contribution in [2.45, 2.75) is 45.8 Å². The van der Waals surface area contributed by atoms with Crippen LogP contribution >= 0.6 is 0 Å². The molecule has 0 unspecified atom stereocenters. The van der Waals surface area contributed by atoms with Gasteiger partial charge in [0, 0.05) is 51.7 Å². The van der Waals surface area contributed by atoms with Crippen molar-refractivity contribution < 1.29 is 23.9 Å². The van der Waals surface area contributed by atoms with E-state index in [0.29, 0.717) is 30.1 Å². The molecule has 0 saturated heterocycles. The third kappa shape index (κ3) is 5.55. The van der Waals surface area contributed by atoms with Gasteiger partial charge in [0.15, 0.2) is 0 Å². The Morgan fingerprint density at radius 2 is 1.90 bits per heavy atom. The molecule has 31 heavy (non-hydrogen) atoms. The van der Waals surface area contributed by atoms with E-state index in [4.69, 9.17) is 9.47 Å². The van der Waals surface area contributed by atoms with E-state index in [2.05, 4.69) is 5.32 Å². The Labute approximate surface area is 183 Å². The van der Waals surface area contributed by atoms with Gasteiger partial charge in [-0.2, -0.15) is 0 Å². The highest BCUT2D eigenvalue weighted by Gasteiger charge is 2.31. The number of rotatable bonds is 3. The number of nitrogens with zero attached hydrogens (tertiary/aromatic N) is 2. The molecule has 1 saturated carbocycles. The summed E-state index contributed by atoms with van der Waals surface area (Å²) in [6.45, 7) is 6.63. The van der Waals surface area contributed by atoms with E-state index < -0.39 is 0 Å². The van der Waals surface area contributed by atoms with Crippen molar-refractivity contribution in [2.24, 2.45) is 11.8 Å². The number of ether oxygens (including phenoxy) is 2. The van der Waals surface area contributed by atoms with Crippen LogP contribution in [0.25, 0.3) is 0 Å². The summed E-state index contributed by atoms with van der Waals surface area (Å²) in [6, 6.07) is 4.94. The molecule has 1 aliphatic carbocycles. The number of amides is 3. The number of hydrogen-bond acceptors (Lipinski definition) is 5. The molecular weight excluding hydrogens is 398 g/mol. The van der Waals surface area contributed by atoms with Gasteiger partial charge >= 0.3 is 0 Å². The number of carbonyl (C=O) groups is 3. The number of likely N-dealkylation sites (N-methyl/N-ethyl adjacent to an activating group) is 1. The highest BCUT2D eigenvalue weighted by Crippen LogP contribution is 2.31. The molecule has 1 N–H and O–H groups in total. The van der Waals surface area contributed by atoms with Gasteiger partial charge in [0.05, 0.1) is 17.7 Å². The molecular formula is C23H33N3O5. The minimum Gasteiger partial charge on any atom is -0.491 e. The summed E-state index contributed by atoms with van der Waals surface area (Å²) in [5.74, 6) is 0.265. The molecule has 0 radical (unpaired) electrons. The van der Waals surface area contributed by atoms with Crippen molar-refractivity contribution in [3.63, 3.8) is 0 Å². The SMILES string of the molecule is CO[C@H]1CN(C)C(=O)c2cc(NC(=O)C3CC3)ccc2OC[C@@H](C)N(C(C)=O)C[C@H]1C. The monoisotopic (exact) mass is 431 g/mol. The second kappa shape index (κ2) is 9.68. The summed E-state index contributed by atoms with van der Waals surface area (Å²) in [6.07, 6.45) is 1.58. The molecule has 1 aliphatic heterocycles. The lowest BCUT2D eigenvalue weighted by atomic mass is 10.0. The molecule has 8 nitrogen and oxygen atoms in total. The van der Waals surface area contributed by atoms with E-state index in [1.54, 1.807) is 49.1 Å². The quantitative estimate of drug-likeness (QED) is 0.794. The number of methoxy groups -OCH3 is 1. The van der Waals surface area contributed by atoms with Crippen LogP contribution in [0.5, 0.6) is 5.75 Å². The smallest absolute Gasteiger partial charge is 0.257 e. The maximum absolute atomic E-state index is 13.3. The molecule has 1 heterocycles. The van der Waals surface area contributed by atoms with Crippen molar-refractivity contribution in [2.75, 3.05) is 39.2 Å². The molecule has 3 amide bonds. The minimum absolute atomic E-state index is 0.0196. The molecule has 3 atom stereocenters. The van der Waals surface area contributed by atoms with E-state index in [-0.39, 0.29) is 48.3 Å². The Bertz CT molecular complexity index is 839. The molecule has 0 aromatic heterocycles. The fourth-order valence-corrected chi connectivity index (χ4v) is 3.88. The lowest BCUT2D eigenvalue weighted by Crippen LogP contribution is -2.48. The van der Waals surface area contributed by atoms with Gasteiger partial charge in [-0.25, -0.2) is 0 Å². The Hall–Kier alpha value is -2.61. The minimum atomic E-state index is -0.232. The topological polar surface area (TPSA) is 88.2 Å². The molecule has 1 fully saturated rings. The van der Waals surface area contributed by atoms with Crippen molar-refractivity contribution in [3.8, 4) is 5.75 Å². The maximum atomic E-state index is 13.3. The van der Waals surface area contributed by atoms with Crippen molar-refractivity contribution >= 4 is 23.4 Å². The van der Waals surface area contributed by atoms with Crippen LogP contribution in [0.3, 0.4) is 0 Å². The Balaban J connectivity index is 1.93. The molecule has 2 aliphatic rings. The molecule has 8 heteroatoms. The maximum Gasteiger partial charge on any atom is 0.257 e. The van der Waals surface area contributed by atoms with Crippen molar-refractivity contribution in [1.82, 2.24) is 9.80 Å². The number of nitrogens with one attached hydrogen (secondary N) is 1. The van der Waals surface area contributed by atoms with Gasteiger partial charge in [-0.05, 0) is 38.0 Å². The van der Waals surface area contributed by atoms with Crippen LogP contribution in [0.4, 0.5) is 5.69 Å². The first-order valence-corrected chi connectivity index (χ1v) is 10.8. The zero-order valence-corrected chi connectivity index (χ0v) is 19.0. The van der Waals surface area contributed by atoms with E-state index in [1.165, 1.54) is 0 Å². The Morgan fingerprint density at radius 1 is 1.19 bits per heavy atom. The van der Waals surface area contributed by atoms with Crippen molar-refractivity contribution in [3.05, 3.63) is 23.8 Å². The average Bonchev–Trinajstić information content (AvgIpc) is 3.58. The summed E-state index contributed by atoms with van der Waals surface area (Å²) in [5.41, 5.74) is 0.948. The molecule has 1 aromatic carbocycles. The highest BCUT2D eigenvalue weighted by molar-refractivity contribution is 6.00. The number of anilines is 1. The van der Waals surface area contributed by atoms with E-state index in [0.717, 1.165) is 12.8 Å². The largest absolute Gasteiger partial charge is 0.491 e. The molecule has 1 aromatic rings. The average molecular weight is 432 g/mol. The predicted molar refractivity (Wildman–Crippen MR) is 117 cm³/mol. The number of hydrogen-bond donors (Lipinski definition) is 1. The summed E-state index contributed by atoms with van der Waals surface area (Å²) in [4.78, 5) is 41.1. The Kier molecular flexibility index (Phi) is 7.20. The first kappa shape index (κ1) is 23.1. The van der Waals surface area contributed by atoms with Crippen LogP contribution in [-0.4, -0.2) is 73.5 Å². The second-order valence-electron chi connectivity index (χ2n) is 8.74. The first-order valence-electron chi connectivity index (χ1n) is 10.8. The van der Waals surface area contributed by atoms with E-state index in [1.807, 2.05) is 13.8 Å². The van der Waals surface area contributed by atoms with Crippen LogP contribution in [-0.2, 0) is 14.3 Å². The predicted octanol–water partition coefficient (Wildman–Crippen LogP) is 2.39. The van der Waals surface area contributed by atoms with Crippen LogP contribution in [0.1, 0.15) is 44.0 Å². The third-order valence-corrected chi connectivity index (χ3v) is 6.06. The first-order chi connectivity index (χ1) is 14.7. The van der Waals surface area contributed by atoms with Gasteiger partial charge < -0.3 is 24.6 Å². The van der Waals surface area contributed by atoms with Gasteiger partial charge in [-0.3, -0.25) is 14.4 Å². The summed E-state index contributed by atoms with van der Waals surface area (Å²) in [7, 11) is 3.34. The van der Waals surface area contributed by atoms with Crippen LogP contribution < -0.4 is 10.1 Å². The summed E-state index contributed by atoms with van der Waals surface area (Å²) >= 11 is 0. The van der Waals surface area contributed by atoms with Crippen LogP contribution in [0.15, 0.2) is 18.2 Å². The van der Waals surface area contributed by atoms with E-state index >= 15 is 0 Å². The zero-order valence-electron chi connectivity index (χ0n) is 19.0. The van der Waals surface area contributed by atoms with Crippen LogP contribution in [0, 0.1) is 11.8 Å². The molecule has 170 valence electrons. The fourth-order valence-electron chi connectivity index (χ4n) is 3.88. The lowest BCUT2D eigenvalue weighted by molar-refractivity contribution is -0.133. The van der Waals surface area contributed by atoms with Crippen LogP contribution in [0.2, 0.25) is 0 Å². The Morgan fingerprint density at radius 3 is 2.52 bits per heavy atom. The number of fused-ring (bicyclic) bond motifs is 1. The van der Waals surface area contributed by atoms with Gasteiger partial charge in [0.1, 0.15) is 12.4 Å². The third-order valence-electron chi connectivity index (χ3n) is 6.06.